The summed E-state index contributed by atoms with van der Waals surface area (Å²) < 4.78 is 19.4. The molecule has 1 saturated heterocycles. The summed E-state index contributed by atoms with van der Waals surface area (Å²) in [6.07, 6.45) is 1.58. The van der Waals surface area contributed by atoms with E-state index in [-0.39, 0.29) is 17.1 Å². The van der Waals surface area contributed by atoms with E-state index in [0.717, 1.165) is 11.2 Å². The average Bonchev–Trinajstić information content (AvgIpc) is 3.00. The highest BCUT2D eigenvalue weighted by Gasteiger charge is 2.51. The number of hydrogen-bond acceptors (Lipinski definition) is 5. The number of fused-ring (bicyclic) bond motifs is 1. The van der Waals surface area contributed by atoms with Crippen LogP contribution in [-0.2, 0) is 16.4 Å². The van der Waals surface area contributed by atoms with Crippen LogP contribution in [0.4, 0.5) is 5.69 Å². The third-order valence-corrected chi connectivity index (χ3v) is 5.66. The Morgan fingerprint density at radius 3 is 2.33 bits per heavy atom. The molecule has 2 aliphatic rings. The molecule has 0 N–H and O–H groups in total. The molecule has 0 saturated carbocycles. The van der Waals surface area contributed by atoms with Gasteiger partial charge in [-0.25, -0.2) is 0 Å². The molecule has 0 radical (unpaired) electrons. The number of hydrogen-bond donors (Lipinski definition) is 0. The van der Waals surface area contributed by atoms with E-state index in [0.29, 0.717) is 24.6 Å². The van der Waals surface area contributed by atoms with Crippen molar-refractivity contribution in [1.82, 2.24) is 9.78 Å². The second-order valence-corrected chi connectivity index (χ2v) is 7.97. The Hall–Kier alpha value is -2.32. The molecule has 0 aliphatic carbocycles. The van der Waals surface area contributed by atoms with Crippen LogP contribution in [-0.4, -0.2) is 47.2 Å². The molecule has 142 valence electrons. The van der Waals surface area contributed by atoms with Crippen molar-refractivity contribution in [2.24, 2.45) is 7.05 Å². The van der Waals surface area contributed by atoms with Crippen molar-refractivity contribution in [3.8, 4) is 5.75 Å². The normalized spacial score (nSPS) is 21.0. The van der Waals surface area contributed by atoms with Crippen LogP contribution < -0.4 is 15.1 Å². The van der Waals surface area contributed by atoms with Crippen LogP contribution in [0.15, 0.2) is 30.5 Å². The lowest BCUT2D eigenvalue weighted by atomic mass is 9.79. The zero-order chi connectivity index (χ0) is 19.4. The molecule has 2 aliphatic heterocycles. The first kappa shape index (κ1) is 18.1. The van der Waals surface area contributed by atoms with Gasteiger partial charge in [0.15, 0.2) is 11.4 Å². The summed E-state index contributed by atoms with van der Waals surface area (Å²) in [4.78, 5) is 14.7. The average molecular weight is 369 g/mol. The fourth-order valence-corrected chi connectivity index (χ4v) is 3.28. The summed E-state index contributed by atoms with van der Waals surface area (Å²) in [5.41, 5.74) is 1.42. The molecular weight excluding hydrogens is 345 g/mol. The number of aryl methyl sites for hydroxylation is 1. The Bertz CT molecular complexity index is 860. The van der Waals surface area contributed by atoms with E-state index in [1.807, 2.05) is 52.0 Å². The van der Waals surface area contributed by atoms with Crippen LogP contribution in [0.25, 0.3) is 0 Å². The van der Waals surface area contributed by atoms with Gasteiger partial charge in [0.25, 0.3) is 5.91 Å². The van der Waals surface area contributed by atoms with Gasteiger partial charge in [0.1, 0.15) is 6.61 Å². The summed E-state index contributed by atoms with van der Waals surface area (Å²) >= 11 is 0. The smallest absolute Gasteiger partial charge is 0.488 e. The molecule has 0 bridgehead atoms. The molecule has 1 fully saturated rings. The summed E-state index contributed by atoms with van der Waals surface area (Å²) in [6, 6.07) is 7.72. The number of amides is 1. The van der Waals surface area contributed by atoms with Crippen LogP contribution in [0, 0.1) is 0 Å². The first-order chi connectivity index (χ1) is 12.7. The first-order valence-electron chi connectivity index (χ1n) is 9.12. The summed E-state index contributed by atoms with van der Waals surface area (Å²) in [5, 5.41) is 4.12. The second-order valence-electron chi connectivity index (χ2n) is 7.97. The van der Waals surface area contributed by atoms with Crippen molar-refractivity contribution >= 4 is 24.2 Å². The Kier molecular flexibility index (Phi) is 4.08. The molecule has 0 unspecified atom stereocenters. The van der Waals surface area contributed by atoms with E-state index in [4.69, 9.17) is 14.0 Å². The Morgan fingerprint density at radius 2 is 1.70 bits per heavy atom. The summed E-state index contributed by atoms with van der Waals surface area (Å²) in [5.74, 6) is 0.407. The number of carbonyl (C=O) groups is 1. The zero-order valence-corrected chi connectivity index (χ0v) is 16.4. The predicted molar refractivity (Wildman–Crippen MR) is 103 cm³/mol. The number of ether oxygens (including phenoxy) is 1. The van der Waals surface area contributed by atoms with E-state index in [1.54, 1.807) is 22.8 Å². The lowest BCUT2D eigenvalue weighted by molar-refractivity contribution is 0.00578. The highest BCUT2D eigenvalue weighted by molar-refractivity contribution is 6.62. The minimum Gasteiger partial charge on any atom is -0.488 e. The minimum atomic E-state index is -0.420. The maximum Gasteiger partial charge on any atom is 0.494 e. The van der Waals surface area contributed by atoms with E-state index in [9.17, 15) is 4.79 Å². The molecule has 2 aromatic rings. The van der Waals surface area contributed by atoms with Crippen molar-refractivity contribution < 1.29 is 18.8 Å². The zero-order valence-electron chi connectivity index (χ0n) is 16.4. The molecule has 27 heavy (non-hydrogen) atoms. The fourth-order valence-electron chi connectivity index (χ4n) is 3.28. The van der Waals surface area contributed by atoms with Gasteiger partial charge >= 0.3 is 7.12 Å². The van der Waals surface area contributed by atoms with E-state index < -0.39 is 7.12 Å². The highest BCUT2D eigenvalue weighted by Crippen LogP contribution is 2.36. The number of nitrogens with zero attached hydrogens (tertiary/aromatic N) is 3. The van der Waals surface area contributed by atoms with Crippen LogP contribution >= 0.6 is 0 Å². The van der Waals surface area contributed by atoms with E-state index in [1.165, 1.54) is 0 Å². The van der Waals surface area contributed by atoms with Crippen LogP contribution in [0.2, 0.25) is 0 Å². The minimum absolute atomic E-state index is 0.120. The van der Waals surface area contributed by atoms with E-state index in [2.05, 4.69) is 5.10 Å². The van der Waals surface area contributed by atoms with Gasteiger partial charge in [0.2, 0.25) is 0 Å². The van der Waals surface area contributed by atoms with Gasteiger partial charge in [0, 0.05) is 12.7 Å². The number of rotatable bonds is 2. The van der Waals surface area contributed by atoms with Crippen molar-refractivity contribution in [2.75, 3.05) is 18.1 Å². The largest absolute Gasteiger partial charge is 0.494 e. The lowest BCUT2D eigenvalue weighted by Gasteiger charge is -2.32. The van der Waals surface area contributed by atoms with Gasteiger partial charge in [-0.15, -0.1) is 0 Å². The van der Waals surface area contributed by atoms with Crippen LogP contribution in [0.5, 0.6) is 5.75 Å². The molecule has 0 spiro atoms. The summed E-state index contributed by atoms with van der Waals surface area (Å²) in [6.45, 7) is 9.02. The van der Waals surface area contributed by atoms with E-state index >= 15 is 0 Å². The van der Waals surface area contributed by atoms with Gasteiger partial charge in [-0.3, -0.25) is 9.48 Å². The Labute approximate surface area is 159 Å². The molecule has 1 aromatic carbocycles. The van der Waals surface area contributed by atoms with Gasteiger partial charge < -0.3 is 18.9 Å². The monoisotopic (exact) mass is 369 g/mol. The van der Waals surface area contributed by atoms with Crippen LogP contribution in [0.1, 0.15) is 38.2 Å². The lowest BCUT2D eigenvalue weighted by Crippen LogP contribution is -2.41. The van der Waals surface area contributed by atoms with Gasteiger partial charge in [0.05, 0.1) is 23.9 Å². The van der Waals surface area contributed by atoms with Crippen LogP contribution in [0.3, 0.4) is 0 Å². The first-order valence-corrected chi connectivity index (χ1v) is 9.12. The second kappa shape index (κ2) is 6.10. The molecule has 4 rings (SSSR count). The predicted octanol–water partition coefficient (Wildman–Crippen LogP) is 1.76. The third kappa shape index (κ3) is 2.93. The molecule has 1 amide bonds. The Balaban J connectivity index is 1.58. The Morgan fingerprint density at radius 1 is 1.07 bits per heavy atom. The quantitative estimate of drug-likeness (QED) is 0.755. The maximum absolute atomic E-state index is 13.0. The third-order valence-electron chi connectivity index (χ3n) is 5.66. The molecule has 1 aromatic heterocycles. The van der Waals surface area contributed by atoms with Gasteiger partial charge in [-0.05, 0) is 45.3 Å². The molecule has 8 heteroatoms. The number of aromatic nitrogens is 2. The molecule has 7 nitrogen and oxygen atoms in total. The van der Waals surface area contributed by atoms with Crippen molar-refractivity contribution in [3.05, 3.63) is 36.2 Å². The highest BCUT2D eigenvalue weighted by atomic mass is 16.7. The number of benzene rings is 1. The fraction of sp³-hybridized carbons (Fsp3) is 0.474. The van der Waals surface area contributed by atoms with Crippen molar-refractivity contribution in [2.45, 2.75) is 38.9 Å². The van der Waals surface area contributed by atoms with Gasteiger partial charge in [-0.1, -0.05) is 12.1 Å². The number of anilines is 1. The summed E-state index contributed by atoms with van der Waals surface area (Å²) in [7, 11) is 1.32. The van der Waals surface area contributed by atoms with Crippen molar-refractivity contribution in [3.63, 3.8) is 0 Å². The standard InChI is InChI=1S/C19H24BN3O4/c1-18(2)19(3,4)27-20(26-18)13-6-8-14(9-7-13)23-10-11-25-15-12-21-22(5)16(15)17(23)24/h6-9,12H,10-11H2,1-5H3. The molecular formula is C19H24BN3O4. The van der Waals surface area contributed by atoms with Crippen molar-refractivity contribution in [1.29, 1.82) is 0 Å². The topological polar surface area (TPSA) is 65.8 Å². The molecule has 0 atom stereocenters. The SMILES string of the molecule is Cn1ncc2c1C(=O)N(c1ccc(B3OC(C)(C)C(C)(C)O3)cc1)CCO2. The number of carbonyl (C=O) groups excluding carboxylic acids is 1. The maximum atomic E-state index is 13.0. The molecule has 3 heterocycles. The van der Waals surface area contributed by atoms with Gasteiger partial charge in [-0.2, -0.15) is 5.10 Å².